The molecule has 1 saturated heterocycles. The van der Waals surface area contributed by atoms with Gasteiger partial charge < -0.3 is 19.1 Å². The average Bonchev–Trinajstić information content (AvgIpc) is 2.62. The maximum Gasteiger partial charge on any atom is 0.227 e. The molecule has 4 rings (SSSR count). The van der Waals surface area contributed by atoms with Crippen LogP contribution in [-0.4, -0.2) is 44.7 Å². The predicted molar refractivity (Wildman–Crippen MR) is 114 cm³/mol. The van der Waals surface area contributed by atoms with E-state index >= 15 is 0 Å². The van der Waals surface area contributed by atoms with Crippen LogP contribution in [-0.2, 0) is 11.3 Å². The van der Waals surface area contributed by atoms with E-state index < -0.39 is 4.87 Å². The molecule has 1 aliphatic carbocycles. The van der Waals surface area contributed by atoms with Gasteiger partial charge in [-0.25, -0.2) is 4.98 Å². The summed E-state index contributed by atoms with van der Waals surface area (Å²) >= 11 is 20.1. The van der Waals surface area contributed by atoms with Crippen molar-refractivity contribution in [3.63, 3.8) is 0 Å². The fourth-order valence-corrected chi connectivity index (χ4v) is 5.47. The lowest BCUT2D eigenvalue weighted by atomic mass is 9.83. The minimum absolute atomic E-state index is 0.220. The van der Waals surface area contributed by atoms with Crippen LogP contribution in [0.5, 0.6) is 5.88 Å². The average molecular weight is 462 g/mol. The number of nitrogens with zero attached hydrogens (tertiary/aromatic N) is 2. The molecule has 2 fully saturated rings. The molecule has 6 nitrogen and oxygen atoms in total. The quantitative estimate of drug-likeness (QED) is 0.684. The van der Waals surface area contributed by atoms with Gasteiger partial charge in [0.1, 0.15) is 5.39 Å². The molecule has 9 heteroatoms. The summed E-state index contributed by atoms with van der Waals surface area (Å²) in [6.45, 7) is 3.25. The van der Waals surface area contributed by atoms with Crippen molar-refractivity contribution < 1.29 is 14.6 Å². The number of aliphatic hydroxyl groups is 1. The van der Waals surface area contributed by atoms with E-state index in [2.05, 4.69) is 4.98 Å². The third-order valence-electron chi connectivity index (χ3n) is 5.77. The summed E-state index contributed by atoms with van der Waals surface area (Å²) in [6, 6.07) is 1.03. The molecule has 2 aromatic rings. The van der Waals surface area contributed by atoms with E-state index in [4.69, 9.17) is 44.3 Å². The first-order chi connectivity index (χ1) is 13.8. The summed E-state index contributed by atoms with van der Waals surface area (Å²) in [5.41, 5.74) is 0.550. The van der Waals surface area contributed by atoms with Crippen molar-refractivity contribution in [3.8, 4) is 5.88 Å². The Morgan fingerprint density at radius 3 is 2.83 bits per heavy atom. The molecule has 158 valence electrons. The van der Waals surface area contributed by atoms with Gasteiger partial charge in [-0.2, -0.15) is 0 Å². The Labute approximate surface area is 183 Å². The molecule has 0 radical (unpaired) electrons. The number of halogens is 3. The fourth-order valence-electron chi connectivity index (χ4n) is 4.24. The number of ether oxygens (including phenoxy) is 2. The van der Waals surface area contributed by atoms with E-state index in [0.29, 0.717) is 31.0 Å². The van der Waals surface area contributed by atoms with Crippen LogP contribution in [0.4, 0.5) is 0 Å². The second-order valence-electron chi connectivity index (χ2n) is 8.01. The van der Waals surface area contributed by atoms with Crippen LogP contribution in [0.2, 0.25) is 5.02 Å². The normalized spacial score (nSPS) is 27.8. The van der Waals surface area contributed by atoms with Gasteiger partial charge in [0.2, 0.25) is 5.88 Å². The van der Waals surface area contributed by atoms with Gasteiger partial charge >= 0.3 is 0 Å². The van der Waals surface area contributed by atoms with E-state index in [0.717, 1.165) is 19.3 Å². The van der Waals surface area contributed by atoms with Crippen molar-refractivity contribution in [3.05, 3.63) is 33.2 Å². The third-order valence-corrected chi connectivity index (χ3v) is 6.92. The number of hydrogen-bond donors (Lipinski definition) is 1. The monoisotopic (exact) mass is 460 g/mol. The summed E-state index contributed by atoms with van der Waals surface area (Å²) in [4.78, 5) is 16.5. The standard InChI is InChI=1S/C20H23Cl3N2O4/c1-20(23)4-2-3-13(21)18(20)25-12(7-26)5-15(27)16-17(25)14(22)6-24-19(16)29-10-11-8-28-9-11/h5-6,11,13,18,26H,2-4,7-10H2,1H3. The summed E-state index contributed by atoms with van der Waals surface area (Å²) in [6.07, 6.45) is 3.91. The number of fused-ring (bicyclic) bond motifs is 1. The minimum Gasteiger partial charge on any atom is -0.477 e. The van der Waals surface area contributed by atoms with Crippen LogP contribution >= 0.6 is 34.8 Å². The molecule has 1 N–H and O–H groups in total. The van der Waals surface area contributed by atoms with Gasteiger partial charge in [-0.3, -0.25) is 4.79 Å². The fraction of sp³-hybridized carbons (Fsp3) is 0.600. The third kappa shape index (κ3) is 3.86. The van der Waals surface area contributed by atoms with E-state index in [9.17, 15) is 9.90 Å². The van der Waals surface area contributed by atoms with Crippen molar-refractivity contribution in [2.45, 2.75) is 49.1 Å². The molecule has 3 unspecified atom stereocenters. The largest absolute Gasteiger partial charge is 0.477 e. The van der Waals surface area contributed by atoms with Crippen LogP contribution in [0.3, 0.4) is 0 Å². The summed E-state index contributed by atoms with van der Waals surface area (Å²) in [5, 5.41) is 10.3. The van der Waals surface area contributed by atoms with Crippen LogP contribution < -0.4 is 10.2 Å². The lowest BCUT2D eigenvalue weighted by Gasteiger charge is -2.42. The van der Waals surface area contributed by atoms with Crippen LogP contribution in [0.15, 0.2) is 17.1 Å². The number of hydrogen-bond acceptors (Lipinski definition) is 5. The lowest BCUT2D eigenvalue weighted by Crippen LogP contribution is -2.42. The van der Waals surface area contributed by atoms with Gasteiger partial charge in [-0.05, 0) is 19.8 Å². The molecule has 3 atom stereocenters. The van der Waals surface area contributed by atoms with Gasteiger partial charge in [0, 0.05) is 17.7 Å². The highest BCUT2D eigenvalue weighted by Crippen LogP contribution is 2.47. The smallest absolute Gasteiger partial charge is 0.227 e. The van der Waals surface area contributed by atoms with Gasteiger partial charge in [-0.15, -0.1) is 23.2 Å². The van der Waals surface area contributed by atoms with Crippen molar-refractivity contribution in [2.24, 2.45) is 5.92 Å². The highest BCUT2D eigenvalue weighted by atomic mass is 35.5. The molecule has 1 saturated carbocycles. The highest BCUT2D eigenvalue weighted by Gasteiger charge is 2.43. The number of pyridine rings is 2. The molecule has 2 aliphatic rings. The van der Waals surface area contributed by atoms with Gasteiger partial charge in [0.15, 0.2) is 5.43 Å². The molecule has 2 aromatic heterocycles. The first kappa shape index (κ1) is 21.2. The molecular formula is C20H23Cl3N2O4. The van der Waals surface area contributed by atoms with Crippen LogP contribution in [0.1, 0.15) is 37.9 Å². The van der Waals surface area contributed by atoms with Gasteiger partial charge in [0.25, 0.3) is 0 Å². The molecular weight excluding hydrogens is 439 g/mol. The lowest BCUT2D eigenvalue weighted by molar-refractivity contribution is -0.0512. The first-order valence-corrected chi connectivity index (χ1v) is 10.9. The maximum atomic E-state index is 12.9. The number of aromatic nitrogens is 2. The second kappa shape index (κ2) is 8.23. The topological polar surface area (TPSA) is 73.6 Å². The zero-order valence-corrected chi connectivity index (χ0v) is 18.3. The molecule has 0 bridgehead atoms. The number of aliphatic hydroxyl groups excluding tert-OH is 1. The zero-order chi connectivity index (χ0) is 20.8. The summed E-state index contributed by atoms with van der Waals surface area (Å²) < 4.78 is 12.9. The Morgan fingerprint density at radius 2 is 2.21 bits per heavy atom. The first-order valence-electron chi connectivity index (χ1n) is 9.70. The van der Waals surface area contributed by atoms with Crippen LogP contribution in [0.25, 0.3) is 10.9 Å². The van der Waals surface area contributed by atoms with Gasteiger partial charge in [-0.1, -0.05) is 18.0 Å². The van der Waals surface area contributed by atoms with E-state index in [1.54, 1.807) is 0 Å². The molecule has 0 amide bonds. The molecule has 0 aromatic carbocycles. The van der Waals surface area contributed by atoms with Crippen LogP contribution in [0, 0.1) is 5.92 Å². The number of rotatable bonds is 5. The Kier molecular flexibility index (Phi) is 6.02. The van der Waals surface area contributed by atoms with Gasteiger partial charge in [0.05, 0.1) is 59.5 Å². The molecule has 29 heavy (non-hydrogen) atoms. The summed E-state index contributed by atoms with van der Waals surface area (Å²) in [5.74, 6) is 0.496. The summed E-state index contributed by atoms with van der Waals surface area (Å²) in [7, 11) is 0. The Morgan fingerprint density at radius 1 is 1.45 bits per heavy atom. The van der Waals surface area contributed by atoms with E-state index in [-0.39, 0.29) is 45.7 Å². The predicted octanol–water partition coefficient (Wildman–Crippen LogP) is 3.90. The molecule has 0 spiro atoms. The molecule has 1 aliphatic heterocycles. The zero-order valence-electron chi connectivity index (χ0n) is 16.0. The minimum atomic E-state index is -0.659. The van der Waals surface area contributed by atoms with E-state index in [1.807, 2.05) is 11.5 Å². The number of alkyl halides is 2. The van der Waals surface area contributed by atoms with Crippen molar-refractivity contribution >= 4 is 45.7 Å². The highest BCUT2D eigenvalue weighted by molar-refractivity contribution is 6.35. The molecule has 3 heterocycles. The Hall–Kier alpha value is -1.05. The van der Waals surface area contributed by atoms with E-state index in [1.165, 1.54) is 12.3 Å². The maximum absolute atomic E-state index is 12.9. The SMILES string of the molecule is CC1(Cl)CCCC(Cl)C1n1c(CO)cc(=O)c2c(OCC3COC3)ncc(Cl)c21. The van der Waals surface area contributed by atoms with Crippen molar-refractivity contribution in [1.29, 1.82) is 0 Å². The van der Waals surface area contributed by atoms with Crippen molar-refractivity contribution in [1.82, 2.24) is 9.55 Å². The second-order valence-corrected chi connectivity index (χ2v) is 9.84. The van der Waals surface area contributed by atoms with Crippen molar-refractivity contribution in [2.75, 3.05) is 19.8 Å². The Bertz CT molecular complexity index is 974. The Balaban J connectivity index is 1.93.